The van der Waals surface area contributed by atoms with Gasteiger partial charge in [-0.15, -0.1) is 0 Å². The van der Waals surface area contributed by atoms with Crippen molar-refractivity contribution >= 4 is 57.9 Å². The summed E-state index contributed by atoms with van der Waals surface area (Å²) >= 11 is 24.3. The standard InChI is InChI=1S/C19H13Cl4F3O2/c1-2-9-3-4-12(18(27)28)16(22)15(9)11(5-6-19(24,25)26)10-7-13(20)17(23)14(21)8-10/h3-5,7-8H,2,6H2,1H3,(H,27,28)/b11-5+. The molecule has 0 saturated heterocycles. The maximum atomic E-state index is 12.9. The van der Waals surface area contributed by atoms with Crippen LogP contribution in [0.4, 0.5) is 13.2 Å². The van der Waals surface area contributed by atoms with Crippen LogP contribution < -0.4 is 0 Å². The molecule has 0 aliphatic heterocycles. The molecule has 1 N–H and O–H groups in total. The summed E-state index contributed by atoms with van der Waals surface area (Å²) in [6.45, 7) is 1.78. The van der Waals surface area contributed by atoms with Crippen molar-refractivity contribution in [3.63, 3.8) is 0 Å². The summed E-state index contributed by atoms with van der Waals surface area (Å²) in [6.07, 6.45) is -4.39. The van der Waals surface area contributed by atoms with Gasteiger partial charge in [0.05, 0.1) is 32.1 Å². The van der Waals surface area contributed by atoms with Crippen molar-refractivity contribution in [1.82, 2.24) is 0 Å². The number of carboxylic acid groups (broad SMARTS) is 1. The van der Waals surface area contributed by atoms with Crippen molar-refractivity contribution < 1.29 is 23.1 Å². The Morgan fingerprint density at radius 3 is 2.11 bits per heavy atom. The van der Waals surface area contributed by atoms with Gasteiger partial charge in [0.15, 0.2) is 0 Å². The maximum absolute atomic E-state index is 12.9. The molecule has 2 aromatic carbocycles. The molecule has 9 heteroatoms. The van der Waals surface area contributed by atoms with Crippen LogP contribution in [-0.4, -0.2) is 17.3 Å². The third kappa shape index (κ3) is 5.15. The average Bonchev–Trinajstić information content (AvgIpc) is 2.59. The number of rotatable bonds is 5. The fourth-order valence-corrected chi connectivity index (χ4v) is 3.62. The molecule has 0 radical (unpaired) electrons. The van der Waals surface area contributed by atoms with E-state index < -0.39 is 18.6 Å². The minimum Gasteiger partial charge on any atom is -0.478 e. The van der Waals surface area contributed by atoms with Crippen LogP contribution in [0.5, 0.6) is 0 Å². The Kier molecular flexibility index (Phi) is 7.32. The Morgan fingerprint density at radius 2 is 1.64 bits per heavy atom. The minimum atomic E-state index is -4.48. The summed E-state index contributed by atoms with van der Waals surface area (Å²) in [5.41, 5.74) is 0.844. The molecular formula is C19H13Cl4F3O2. The number of allylic oxidation sites excluding steroid dienone is 1. The first kappa shape index (κ1) is 22.9. The SMILES string of the molecule is CCc1ccc(C(=O)O)c(Cl)c1/C(=C/CC(F)(F)F)c1cc(Cl)c(Cl)c(Cl)c1. The normalized spacial score (nSPS) is 12.4. The second-order valence-electron chi connectivity index (χ2n) is 5.81. The summed E-state index contributed by atoms with van der Waals surface area (Å²) in [5.74, 6) is -1.30. The zero-order valence-electron chi connectivity index (χ0n) is 14.3. The Bertz CT molecular complexity index is 930. The molecule has 0 aromatic heterocycles. The summed E-state index contributed by atoms with van der Waals surface area (Å²) in [5, 5.41) is 9.33. The van der Waals surface area contributed by atoms with Crippen molar-refractivity contribution in [2.45, 2.75) is 25.9 Å². The van der Waals surface area contributed by atoms with Gasteiger partial charge in [-0.1, -0.05) is 65.5 Å². The minimum absolute atomic E-state index is 0.0469. The lowest BCUT2D eigenvalue weighted by Gasteiger charge is -2.18. The number of carboxylic acids is 1. The van der Waals surface area contributed by atoms with E-state index in [1.807, 2.05) is 0 Å². The number of aryl methyl sites for hydroxylation is 1. The van der Waals surface area contributed by atoms with Gasteiger partial charge in [0, 0.05) is 5.56 Å². The second-order valence-corrected chi connectivity index (χ2v) is 7.38. The fraction of sp³-hybridized carbons (Fsp3) is 0.211. The van der Waals surface area contributed by atoms with Crippen LogP contribution in [0.3, 0.4) is 0 Å². The highest BCUT2D eigenvalue weighted by atomic mass is 35.5. The van der Waals surface area contributed by atoms with Crippen LogP contribution >= 0.6 is 46.4 Å². The molecule has 0 aliphatic rings. The molecule has 0 aliphatic carbocycles. The van der Waals surface area contributed by atoms with Crippen LogP contribution in [-0.2, 0) is 6.42 Å². The molecule has 150 valence electrons. The number of aromatic carboxylic acids is 1. The van der Waals surface area contributed by atoms with Crippen molar-refractivity contribution in [1.29, 1.82) is 0 Å². The van der Waals surface area contributed by atoms with E-state index in [9.17, 15) is 23.1 Å². The number of carbonyl (C=O) groups is 1. The molecule has 0 heterocycles. The monoisotopic (exact) mass is 470 g/mol. The molecule has 0 unspecified atom stereocenters. The van der Waals surface area contributed by atoms with E-state index in [0.29, 0.717) is 12.0 Å². The first-order valence-electron chi connectivity index (χ1n) is 7.93. The number of halogens is 7. The van der Waals surface area contributed by atoms with Crippen molar-refractivity contribution in [2.75, 3.05) is 0 Å². The van der Waals surface area contributed by atoms with Gasteiger partial charge in [-0.05, 0) is 41.3 Å². The van der Waals surface area contributed by atoms with Crippen LogP contribution in [0, 0.1) is 0 Å². The van der Waals surface area contributed by atoms with Crippen LogP contribution in [0.25, 0.3) is 5.57 Å². The third-order valence-electron chi connectivity index (χ3n) is 3.94. The Balaban J connectivity index is 2.84. The van der Waals surface area contributed by atoms with Gasteiger partial charge in [-0.25, -0.2) is 4.79 Å². The smallest absolute Gasteiger partial charge is 0.392 e. The van der Waals surface area contributed by atoms with Gasteiger partial charge < -0.3 is 5.11 Å². The van der Waals surface area contributed by atoms with Crippen molar-refractivity contribution in [3.05, 3.63) is 72.7 Å². The molecule has 2 rings (SSSR count). The Morgan fingerprint density at radius 1 is 1.07 bits per heavy atom. The maximum Gasteiger partial charge on any atom is 0.392 e. The summed E-state index contributed by atoms with van der Waals surface area (Å²) in [6, 6.07) is 5.56. The lowest BCUT2D eigenvalue weighted by molar-refractivity contribution is -0.124. The summed E-state index contributed by atoms with van der Waals surface area (Å²) in [7, 11) is 0. The molecule has 0 bridgehead atoms. The molecular weight excluding hydrogens is 459 g/mol. The highest BCUT2D eigenvalue weighted by molar-refractivity contribution is 6.48. The molecule has 2 aromatic rings. The lowest BCUT2D eigenvalue weighted by atomic mass is 9.90. The predicted molar refractivity (Wildman–Crippen MR) is 107 cm³/mol. The van der Waals surface area contributed by atoms with E-state index in [1.165, 1.54) is 24.3 Å². The first-order valence-corrected chi connectivity index (χ1v) is 9.44. The van der Waals surface area contributed by atoms with E-state index in [4.69, 9.17) is 46.4 Å². The molecule has 0 atom stereocenters. The van der Waals surface area contributed by atoms with Gasteiger partial charge in [-0.2, -0.15) is 13.2 Å². The topological polar surface area (TPSA) is 37.3 Å². The lowest BCUT2D eigenvalue weighted by Crippen LogP contribution is -2.07. The van der Waals surface area contributed by atoms with E-state index in [0.717, 1.165) is 6.08 Å². The Labute approximate surface area is 179 Å². The molecule has 28 heavy (non-hydrogen) atoms. The van der Waals surface area contributed by atoms with Gasteiger partial charge in [0.1, 0.15) is 0 Å². The highest BCUT2D eigenvalue weighted by Crippen LogP contribution is 2.40. The zero-order valence-corrected chi connectivity index (χ0v) is 17.3. The van der Waals surface area contributed by atoms with E-state index in [-0.39, 0.29) is 42.4 Å². The van der Waals surface area contributed by atoms with Crippen molar-refractivity contribution in [3.8, 4) is 0 Å². The number of hydrogen-bond acceptors (Lipinski definition) is 1. The van der Waals surface area contributed by atoms with Gasteiger partial charge in [-0.3, -0.25) is 0 Å². The largest absolute Gasteiger partial charge is 0.478 e. The van der Waals surface area contributed by atoms with E-state index >= 15 is 0 Å². The van der Waals surface area contributed by atoms with Crippen LogP contribution in [0.1, 0.15) is 40.4 Å². The molecule has 0 amide bonds. The van der Waals surface area contributed by atoms with E-state index in [2.05, 4.69) is 0 Å². The molecule has 0 saturated carbocycles. The Hall–Kier alpha value is -1.40. The summed E-state index contributed by atoms with van der Waals surface area (Å²) in [4.78, 5) is 11.5. The first-order chi connectivity index (χ1) is 13.0. The predicted octanol–water partition coefficient (Wildman–Crippen LogP) is 7.94. The second kappa shape index (κ2) is 8.95. The summed E-state index contributed by atoms with van der Waals surface area (Å²) < 4.78 is 38.7. The average molecular weight is 472 g/mol. The van der Waals surface area contributed by atoms with Gasteiger partial charge in [0.25, 0.3) is 0 Å². The van der Waals surface area contributed by atoms with Crippen molar-refractivity contribution in [2.24, 2.45) is 0 Å². The van der Waals surface area contributed by atoms with Gasteiger partial charge in [0.2, 0.25) is 0 Å². The molecule has 2 nitrogen and oxygen atoms in total. The fourth-order valence-electron chi connectivity index (χ4n) is 2.66. The number of benzene rings is 2. The van der Waals surface area contributed by atoms with Crippen LogP contribution in [0.2, 0.25) is 20.1 Å². The quantitative estimate of drug-likeness (QED) is 0.449. The molecule has 0 spiro atoms. The van der Waals surface area contributed by atoms with Gasteiger partial charge >= 0.3 is 12.1 Å². The third-order valence-corrected chi connectivity index (χ3v) is 5.53. The number of alkyl halides is 3. The van der Waals surface area contributed by atoms with Crippen LogP contribution in [0.15, 0.2) is 30.3 Å². The van der Waals surface area contributed by atoms with E-state index in [1.54, 1.807) is 6.92 Å². The highest BCUT2D eigenvalue weighted by Gasteiger charge is 2.27. The number of hydrogen-bond donors (Lipinski definition) is 1. The molecule has 0 fully saturated rings. The zero-order chi connectivity index (χ0) is 21.2.